The predicted octanol–water partition coefficient (Wildman–Crippen LogP) is 4.15. The molecule has 1 aromatic heterocycles. The second-order valence-corrected chi connectivity index (χ2v) is 8.84. The number of ether oxygens (including phenoxy) is 1. The number of morpholine rings is 1. The molecule has 1 saturated heterocycles. The lowest BCUT2D eigenvalue weighted by atomic mass is 10.1. The van der Waals surface area contributed by atoms with E-state index in [9.17, 15) is 14.0 Å². The van der Waals surface area contributed by atoms with Crippen molar-refractivity contribution in [2.24, 2.45) is 0 Å². The summed E-state index contributed by atoms with van der Waals surface area (Å²) in [6.45, 7) is 6.99. The Labute approximate surface area is 202 Å². The Kier molecular flexibility index (Phi) is 7.00. The molecule has 0 radical (unpaired) electrons. The molecule has 1 aliphatic rings. The van der Waals surface area contributed by atoms with Crippen LogP contribution >= 0.6 is 11.6 Å². The van der Waals surface area contributed by atoms with Gasteiger partial charge in [-0.05, 0) is 62.7 Å². The van der Waals surface area contributed by atoms with Gasteiger partial charge in [0.2, 0.25) is 0 Å². The van der Waals surface area contributed by atoms with E-state index in [1.165, 1.54) is 28.9 Å². The van der Waals surface area contributed by atoms with Crippen LogP contribution in [0.25, 0.3) is 5.69 Å². The fraction of sp³-hybridized carbons (Fsp3) is 0.320. The van der Waals surface area contributed by atoms with Crippen molar-refractivity contribution in [3.05, 3.63) is 81.9 Å². The van der Waals surface area contributed by atoms with Crippen LogP contribution in [0.15, 0.2) is 48.5 Å². The van der Waals surface area contributed by atoms with E-state index in [1.54, 1.807) is 24.0 Å². The van der Waals surface area contributed by atoms with E-state index in [2.05, 4.69) is 10.4 Å². The van der Waals surface area contributed by atoms with Gasteiger partial charge in [-0.15, -0.1) is 0 Å². The van der Waals surface area contributed by atoms with E-state index in [1.807, 2.05) is 26.0 Å². The van der Waals surface area contributed by atoms with Gasteiger partial charge in [0.05, 0.1) is 29.2 Å². The molecule has 1 fully saturated rings. The molecule has 0 saturated carbocycles. The van der Waals surface area contributed by atoms with Gasteiger partial charge in [-0.25, -0.2) is 9.07 Å². The van der Waals surface area contributed by atoms with Crippen LogP contribution in [0.1, 0.15) is 45.8 Å². The fourth-order valence-electron chi connectivity index (χ4n) is 4.07. The Bertz CT molecular complexity index is 1180. The summed E-state index contributed by atoms with van der Waals surface area (Å²) in [7, 11) is 0. The third-order valence-corrected chi connectivity index (χ3v) is 6.01. The number of aryl methyl sites for hydroxylation is 1. The second-order valence-electron chi connectivity index (χ2n) is 8.49. The zero-order valence-electron chi connectivity index (χ0n) is 19.2. The van der Waals surface area contributed by atoms with E-state index in [4.69, 9.17) is 16.3 Å². The largest absolute Gasteiger partial charge is 0.372 e. The van der Waals surface area contributed by atoms with Gasteiger partial charge in [-0.3, -0.25) is 9.59 Å². The summed E-state index contributed by atoms with van der Waals surface area (Å²) >= 11 is 6.43. The topological polar surface area (TPSA) is 76.5 Å². The summed E-state index contributed by atoms with van der Waals surface area (Å²) in [4.78, 5) is 27.4. The highest BCUT2D eigenvalue weighted by Crippen LogP contribution is 2.24. The van der Waals surface area contributed by atoms with Crippen molar-refractivity contribution in [2.75, 3.05) is 13.1 Å². The van der Waals surface area contributed by atoms with Gasteiger partial charge in [0.1, 0.15) is 11.0 Å². The van der Waals surface area contributed by atoms with Gasteiger partial charge in [0.25, 0.3) is 11.8 Å². The molecule has 0 spiro atoms. The van der Waals surface area contributed by atoms with Gasteiger partial charge in [0, 0.05) is 25.2 Å². The van der Waals surface area contributed by atoms with Crippen molar-refractivity contribution >= 4 is 23.4 Å². The van der Waals surface area contributed by atoms with Gasteiger partial charge < -0.3 is 15.0 Å². The highest BCUT2D eigenvalue weighted by atomic mass is 35.5. The quantitative estimate of drug-likeness (QED) is 0.590. The second kappa shape index (κ2) is 9.95. The van der Waals surface area contributed by atoms with Crippen molar-refractivity contribution in [1.29, 1.82) is 0 Å². The van der Waals surface area contributed by atoms with Crippen LogP contribution in [0.5, 0.6) is 0 Å². The molecule has 2 amide bonds. The van der Waals surface area contributed by atoms with Crippen molar-refractivity contribution in [3.63, 3.8) is 0 Å². The summed E-state index contributed by atoms with van der Waals surface area (Å²) in [6, 6.07) is 12.8. The number of nitrogens with one attached hydrogen (secondary N) is 1. The molecule has 9 heteroatoms. The zero-order valence-corrected chi connectivity index (χ0v) is 20.0. The first-order valence-electron chi connectivity index (χ1n) is 11.1. The number of hydrogen-bond donors (Lipinski definition) is 1. The van der Waals surface area contributed by atoms with Gasteiger partial charge in [0.15, 0.2) is 0 Å². The molecule has 2 atom stereocenters. The number of carbonyl (C=O) groups is 2. The van der Waals surface area contributed by atoms with Crippen LogP contribution < -0.4 is 5.32 Å². The maximum Gasteiger partial charge on any atom is 0.256 e. The number of nitrogens with zero attached hydrogens (tertiary/aromatic N) is 3. The maximum absolute atomic E-state index is 13.2. The maximum atomic E-state index is 13.2. The Hall–Kier alpha value is -3.23. The van der Waals surface area contributed by atoms with E-state index >= 15 is 0 Å². The number of benzene rings is 2. The number of hydrogen-bond acceptors (Lipinski definition) is 4. The van der Waals surface area contributed by atoms with Gasteiger partial charge in [-0.2, -0.15) is 5.10 Å². The Balaban J connectivity index is 1.41. The van der Waals surface area contributed by atoms with Crippen LogP contribution in [0.4, 0.5) is 4.39 Å². The minimum Gasteiger partial charge on any atom is -0.372 e. The molecule has 2 unspecified atom stereocenters. The van der Waals surface area contributed by atoms with Crippen molar-refractivity contribution in [1.82, 2.24) is 20.0 Å². The normalized spacial score (nSPS) is 18.1. The van der Waals surface area contributed by atoms with Crippen LogP contribution in [-0.4, -0.2) is 51.8 Å². The summed E-state index contributed by atoms with van der Waals surface area (Å²) in [5.74, 6) is -0.774. The summed E-state index contributed by atoms with van der Waals surface area (Å²) in [5.41, 5.74) is 2.71. The fourth-order valence-corrected chi connectivity index (χ4v) is 4.43. The summed E-state index contributed by atoms with van der Waals surface area (Å²) in [5, 5.41) is 7.32. The van der Waals surface area contributed by atoms with Crippen molar-refractivity contribution in [3.8, 4) is 5.69 Å². The van der Waals surface area contributed by atoms with E-state index in [0.29, 0.717) is 30.0 Å². The molecule has 1 N–H and O–H groups in total. The monoisotopic (exact) mass is 484 g/mol. The predicted molar refractivity (Wildman–Crippen MR) is 127 cm³/mol. The molecule has 1 aliphatic heterocycles. The lowest BCUT2D eigenvalue weighted by molar-refractivity contribution is -0.0586. The average Bonchev–Trinajstić information content (AvgIpc) is 3.11. The van der Waals surface area contributed by atoms with Gasteiger partial charge in [-0.1, -0.05) is 23.7 Å². The van der Waals surface area contributed by atoms with Crippen LogP contribution in [0.3, 0.4) is 0 Å². The Morgan fingerprint density at radius 1 is 1.09 bits per heavy atom. The SMILES string of the molecule is Cc1nn(-c2ccc(F)cc2)c(Cl)c1C(=O)NCc1ccc(C(=O)N2CC(C)OC(C)C2)cc1. The standard InChI is InChI=1S/C25H26ClFN4O3/c1-15-13-30(14-16(2)34-15)25(33)19-6-4-18(5-7-19)12-28-24(32)22-17(3)29-31(23(22)26)21-10-8-20(27)9-11-21/h4-11,15-16H,12-14H2,1-3H3,(H,28,32). The molecule has 178 valence electrons. The Morgan fingerprint density at radius 2 is 1.71 bits per heavy atom. The molecule has 0 aliphatic carbocycles. The highest BCUT2D eigenvalue weighted by molar-refractivity contribution is 6.33. The number of amides is 2. The van der Waals surface area contributed by atoms with E-state index < -0.39 is 0 Å². The molecular formula is C25H26ClFN4O3. The van der Waals surface area contributed by atoms with Crippen LogP contribution in [0.2, 0.25) is 5.15 Å². The Morgan fingerprint density at radius 3 is 2.32 bits per heavy atom. The van der Waals surface area contributed by atoms with Crippen LogP contribution in [0, 0.1) is 12.7 Å². The smallest absolute Gasteiger partial charge is 0.256 e. The first-order valence-corrected chi connectivity index (χ1v) is 11.4. The lowest BCUT2D eigenvalue weighted by Gasteiger charge is -2.35. The molecule has 3 aromatic rings. The first kappa shape index (κ1) is 23.9. The number of halogens is 2. The van der Waals surface area contributed by atoms with Crippen molar-refractivity contribution in [2.45, 2.75) is 39.5 Å². The highest BCUT2D eigenvalue weighted by Gasteiger charge is 2.26. The van der Waals surface area contributed by atoms with E-state index in [0.717, 1.165) is 5.56 Å². The molecular weight excluding hydrogens is 459 g/mol. The molecule has 34 heavy (non-hydrogen) atoms. The lowest BCUT2D eigenvalue weighted by Crippen LogP contribution is -2.48. The third-order valence-electron chi connectivity index (χ3n) is 5.66. The zero-order chi connectivity index (χ0) is 24.4. The number of carbonyl (C=O) groups excluding carboxylic acids is 2. The summed E-state index contributed by atoms with van der Waals surface area (Å²) < 4.78 is 20.3. The molecule has 0 bridgehead atoms. The minimum atomic E-state index is -0.372. The van der Waals surface area contributed by atoms with E-state index in [-0.39, 0.29) is 47.1 Å². The summed E-state index contributed by atoms with van der Waals surface area (Å²) in [6.07, 6.45) is 0.00904. The number of rotatable bonds is 5. The molecule has 2 aromatic carbocycles. The average molecular weight is 485 g/mol. The molecule has 4 rings (SSSR count). The first-order chi connectivity index (χ1) is 16.2. The van der Waals surface area contributed by atoms with Crippen molar-refractivity contribution < 1.29 is 18.7 Å². The molecule has 2 heterocycles. The minimum absolute atomic E-state index is 0.00452. The molecule has 7 nitrogen and oxygen atoms in total. The number of aromatic nitrogens is 2. The third kappa shape index (κ3) is 5.13. The van der Waals surface area contributed by atoms with Gasteiger partial charge >= 0.3 is 0 Å². The van der Waals surface area contributed by atoms with Crippen LogP contribution in [-0.2, 0) is 11.3 Å².